The number of nitrogens with zero attached hydrogens (tertiary/aromatic N) is 1. The summed E-state index contributed by atoms with van der Waals surface area (Å²) in [6, 6.07) is 4.51. The highest BCUT2D eigenvalue weighted by Gasteiger charge is 2.33. The lowest BCUT2D eigenvalue weighted by Crippen LogP contribution is -2.53. The van der Waals surface area contributed by atoms with E-state index in [4.69, 9.17) is 10.5 Å². The Morgan fingerprint density at radius 1 is 1.43 bits per heavy atom. The predicted octanol–water partition coefficient (Wildman–Crippen LogP) is 0.887. The topological polar surface area (TPSA) is 67.6 Å². The third kappa shape index (κ3) is 3.71. The Morgan fingerprint density at radius 3 is 2.95 bits per heavy atom. The predicted molar refractivity (Wildman–Crippen MR) is 77.0 cm³/mol. The number of nitrogens with one attached hydrogen (secondary N) is 1. The molecule has 0 radical (unpaired) electrons. The normalized spacial score (nSPS) is 23.0. The fourth-order valence-corrected chi connectivity index (χ4v) is 2.60. The second-order valence-corrected chi connectivity index (χ2v) is 5.74. The lowest BCUT2D eigenvalue weighted by molar-refractivity contribution is -0.133. The summed E-state index contributed by atoms with van der Waals surface area (Å²) in [6.07, 6.45) is 2.11. The number of carbonyl (C=O) groups is 1. The van der Waals surface area contributed by atoms with Gasteiger partial charge in [0.25, 0.3) is 0 Å². The SMILES string of the molecule is Nc1cc(F)cc(CN2CCOCC2C(=O)NC2CC2)c1. The highest BCUT2D eigenvalue weighted by Crippen LogP contribution is 2.21. The van der Waals surface area contributed by atoms with E-state index in [1.165, 1.54) is 12.1 Å². The van der Waals surface area contributed by atoms with Crippen LogP contribution in [0.2, 0.25) is 0 Å². The monoisotopic (exact) mass is 293 g/mol. The molecule has 21 heavy (non-hydrogen) atoms. The summed E-state index contributed by atoms with van der Waals surface area (Å²) >= 11 is 0. The number of benzene rings is 1. The number of hydrogen-bond acceptors (Lipinski definition) is 4. The molecule has 1 aliphatic carbocycles. The van der Waals surface area contributed by atoms with Gasteiger partial charge in [-0.1, -0.05) is 0 Å². The maximum Gasteiger partial charge on any atom is 0.239 e. The van der Waals surface area contributed by atoms with Crippen LogP contribution in [-0.4, -0.2) is 42.6 Å². The van der Waals surface area contributed by atoms with Gasteiger partial charge in [-0.2, -0.15) is 0 Å². The van der Waals surface area contributed by atoms with Gasteiger partial charge in [0.2, 0.25) is 5.91 Å². The first kappa shape index (κ1) is 14.3. The van der Waals surface area contributed by atoms with Crippen LogP contribution in [0.15, 0.2) is 18.2 Å². The molecule has 0 aromatic heterocycles. The molecule has 1 aliphatic heterocycles. The number of amides is 1. The zero-order valence-corrected chi connectivity index (χ0v) is 11.8. The first-order chi connectivity index (χ1) is 10.1. The summed E-state index contributed by atoms with van der Waals surface area (Å²) < 4.78 is 18.8. The molecular weight excluding hydrogens is 273 g/mol. The standard InChI is InChI=1S/C15H20FN3O2/c16-11-5-10(6-12(17)7-11)8-19-3-4-21-9-14(19)15(20)18-13-1-2-13/h5-7,13-14H,1-4,8-9,17H2,(H,18,20). The Balaban J connectivity index is 1.69. The summed E-state index contributed by atoms with van der Waals surface area (Å²) in [5, 5.41) is 3.00. The molecule has 1 amide bonds. The molecule has 1 atom stereocenters. The minimum Gasteiger partial charge on any atom is -0.399 e. The van der Waals surface area contributed by atoms with Gasteiger partial charge in [0.15, 0.2) is 0 Å². The first-order valence-electron chi connectivity index (χ1n) is 7.29. The molecule has 1 aromatic rings. The number of rotatable bonds is 4. The van der Waals surface area contributed by atoms with Crippen molar-refractivity contribution in [2.24, 2.45) is 0 Å². The van der Waals surface area contributed by atoms with E-state index in [0.29, 0.717) is 38.0 Å². The molecule has 1 saturated heterocycles. The molecule has 114 valence electrons. The average molecular weight is 293 g/mol. The number of halogens is 1. The third-order valence-electron chi connectivity index (χ3n) is 3.83. The smallest absolute Gasteiger partial charge is 0.239 e. The van der Waals surface area contributed by atoms with Crippen molar-refractivity contribution in [1.82, 2.24) is 10.2 Å². The Labute approximate surface area is 123 Å². The van der Waals surface area contributed by atoms with E-state index in [1.54, 1.807) is 6.07 Å². The number of hydrogen-bond donors (Lipinski definition) is 2. The van der Waals surface area contributed by atoms with Crippen LogP contribution in [0.4, 0.5) is 10.1 Å². The van der Waals surface area contributed by atoms with Crippen molar-refractivity contribution in [2.75, 3.05) is 25.5 Å². The van der Waals surface area contributed by atoms with E-state index in [-0.39, 0.29) is 17.8 Å². The van der Waals surface area contributed by atoms with Crippen LogP contribution in [0.3, 0.4) is 0 Å². The van der Waals surface area contributed by atoms with Crippen molar-refractivity contribution in [2.45, 2.75) is 31.5 Å². The highest BCUT2D eigenvalue weighted by molar-refractivity contribution is 5.82. The van der Waals surface area contributed by atoms with Gasteiger partial charge in [-0.25, -0.2) is 4.39 Å². The fraction of sp³-hybridized carbons (Fsp3) is 0.533. The van der Waals surface area contributed by atoms with Crippen molar-refractivity contribution in [3.8, 4) is 0 Å². The maximum atomic E-state index is 13.4. The van der Waals surface area contributed by atoms with E-state index in [2.05, 4.69) is 5.32 Å². The Kier molecular flexibility index (Phi) is 4.07. The molecule has 0 bridgehead atoms. The van der Waals surface area contributed by atoms with E-state index in [0.717, 1.165) is 18.4 Å². The summed E-state index contributed by atoms with van der Waals surface area (Å²) in [4.78, 5) is 14.3. The van der Waals surface area contributed by atoms with E-state index < -0.39 is 0 Å². The second kappa shape index (κ2) is 5.99. The fourth-order valence-electron chi connectivity index (χ4n) is 2.60. The molecule has 1 saturated carbocycles. The summed E-state index contributed by atoms with van der Waals surface area (Å²) in [7, 11) is 0. The quantitative estimate of drug-likeness (QED) is 0.809. The van der Waals surface area contributed by atoms with Crippen LogP contribution >= 0.6 is 0 Å². The van der Waals surface area contributed by atoms with Crippen molar-refractivity contribution < 1.29 is 13.9 Å². The lowest BCUT2D eigenvalue weighted by Gasteiger charge is -2.34. The Hall–Kier alpha value is -1.66. The Morgan fingerprint density at radius 2 is 2.24 bits per heavy atom. The molecule has 2 aliphatic rings. The van der Waals surface area contributed by atoms with Crippen LogP contribution in [0.25, 0.3) is 0 Å². The molecule has 5 nitrogen and oxygen atoms in total. The first-order valence-corrected chi connectivity index (χ1v) is 7.29. The van der Waals surface area contributed by atoms with Gasteiger partial charge >= 0.3 is 0 Å². The minimum atomic E-state index is -0.350. The third-order valence-corrected chi connectivity index (χ3v) is 3.83. The summed E-state index contributed by atoms with van der Waals surface area (Å²) in [5.74, 6) is -0.348. The van der Waals surface area contributed by atoms with Crippen molar-refractivity contribution in [1.29, 1.82) is 0 Å². The number of ether oxygens (including phenoxy) is 1. The number of nitrogens with two attached hydrogens (primary N) is 1. The van der Waals surface area contributed by atoms with Crippen LogP contribution < -0.4 is 11.1 Å². The molecule has 1 unspecified atom stereocenters. The van der Waals surface area contributed by atoms with Gasteiger partial charge in [-0.3, -0.25) is 9.69 Å². The molecular formula is C15H20FN3O2. The zero-order chi connectivity index (χ0) is 14.8. The van der Waals surface area contributed by atoms with E-state index >= 15 is 0 Å². The van der Waals surface area contributed by atoms with Gasteiger partial charge < -0.3 is 15.8 Å². The van der Waals surface area contributed by atoms with Crippen molar-refractivity contribution in [3.63, 3.8) is 0 Å². The zero-order valence-electron chi connectivity index (χ0n) is 11.8. The Bertz CT molecular complexity index is 513. The number of anilines is 1. The van der Waals surface area contributed by atoms with Gasteiger partial charge in [-0.15, -0.1) is 0 Å². The lowest BCUT2D eigenvalue weighted by atomic mass is 10.1. The molecule has 6 heteroatoms. The molecule has 0 spiro atoms. The van der Waals surface area contributed by atoms with Gasteiger partial charge in [0.05, 0.1) is 13.2 Å². The number of carbonyl (C=O) groups excluding carboxylic acids is 1. The summed E-state index contributed by atoms with van der Waals surface area (Å²) in [5.41, 5.74) is 6.85. The van der Waals surface area contributed by atoms with E-state index in [9.17, 15) is 9.18 Å². The number of morpholine rings is 1. The van der Waals surface area contributed by atoms with E-state index in [1.807, 2.05) is 4.90 Å². The molecule has 3 rings (SSSR count). The summed E-state index contributed by atoms with van der Waals surface area (Å²) in [6.45, 7) is 2.11. The van der Waals surface area contributed by atoms with Crippen LogP contribution in [0.1, 0.15) is 18.4 Å². The second-order valence-electron chi connectivity index (χ2n) is 5.74. The molecule has 1 heterocycles. The van der Waals surface area contributed by atoms with Crippen LogP contribution in [0, 0.1) is 5.82 Å². The largest absolute Gasteiger partial charge is 0.399 e. The van der Waals surface area contributed by atoms with Gasteiger partial charge in [0, 0.05) is 24.8 Å². The highest BCUT2D eigenvalue weighted by atomic mass is 19.1. The molecule has 1 aromatic carbocycles. The molecule has 2 fully saturated rings. The number of nitrogen functional groups attached to an aromatic ring is 1. The van der Waals surface area contributed by atoms with Crippen molar-refractivity contribution in [3.05, 3.63) is 29.6 Å². The van der Waals surface area contributed by atoms with Crippen LogP contribution in [0.5, 0.6) is 0 Å². The minimum absolute atomic E-state index is 0.00146. The van der Waals surface area contributed by atoms with Gasteiger partial charge in [-0.05, 0) is 36.6 Å². The van der Waals surface area contributed by atoms with Crippen LogP contribution in [-0.2, 0) is 16.1 Å². The van der Waals surface area contributed by atoms with Crippen molar-refractivity contribution >= 4 is 11.6 Å². The molecule has 3 N–H and O–H groups in total. The average Bonchev–Trinajstić information content (AvgIpc) is 3.22. The van der Waals surface area contributed by atoms with Gasteiger partial charge in [0.1, 0.15) is 11.9 Å². The maximum absolute atomic E-state index is 13.4.